The molecule has 0 saturated heterocycles. The quantitative estimate of drug-likeness (QED) is 0.775. The number of thioether (sulfide) groups is 2. The van der Waals surface area contributed by atoms with Crippen molar-refractivity contribution in [2.75, 3.05) is 17.2 Å². The Hall–Kier alpha value is -0.890. The number of hydrogen-bond acceptors (Lipinski definition) is 6. The molecule has 1 aromatic rings. The van der Waals surface area contributed by atoms with E-state index >= 15 is 0 Å². The lowest BCUT2D eigenvalue weighted by atomic mass is 10.2. The Morgan fingerprint density at radius 2 is 2.32 bits per heavy atom. The van der Waals surface area contributed by atoms with Gasteiger partial charge < -0.3 is 10.8 Å². The number of anilines is 1. The van der Waals surface area contributed by atoms with Crippen LogP contribution in [0.15, 0.2) is 5.16 Å². The minimum Gasteiger partial charge on any atom is -0.481 e. The van der Waals surface area contributed by atoms with Gasteiger partial charge in [0, 0.05) is 5.25 Å². The Kier molecular flexibility index (Phi) is 4.98. The second kappa shape index (κ2) is 6.51. The zero-order valence-electron chi connectivity index (χ0n) is 10.8. The van der Waals surface area contributed by atoms with Crippen LogP contribution in [0.2, 0.25) is 0 Å². The topological polar surface area (TPSA) is 94.0 Å². The summed E-state index contributed by atoms with van der Waals surface area (Å²) in [6.07, 6.45) is 3.40. The van der Waals surface area contributed by atoms with Crippen molar-refractivity contribution < 1.29 is 9.90 Å². The highest BCUT2D eigenvalue weighted by Gasteiger charge is 2.32. The van der Waals surface area contributed by atoms with Gasteiger partial charge in [0.2, 0.25) is 5.95 Å². The first-order valence-corrected chi connectivity index (χ1v) is 8.33. The third-order valence-electron chi connectivity index (χ3n) is 3.15. The molecule has 0 aliphatic heterocycles. The Morgan fingerprint density at radius 1 is 1.53 bits per heavy atom. The van der Waals surface area contributed by atoms with E-state index in [1.54, 1.807) is 0 Å². The fraction of sp³-hybridized carbons (Fsp3) is 0.727. The highest BCUT2D eigenvalue weighted by Crippen LogP contribution is 2.41. The maximum absolute atomic E-state index is 10.7. The zero-order valence-corrected chi connectivity index (χ0v) is 12.4. The predicted octanol–water partition coefficient (Wildman–Crippen LogP) is 1.88. The van der Waals surface area contributed by atoms with Gasteiger partial charge in [0.15, 0.2) is 5.16 Å². The number of nitrogens with zero attached hydrogens (tertiary/aromatic N) is 3. The molecule has 0 radical (unpaired) electrons. The molecule has 0 aromatic carbocycles. The second-order valence-electron chi connectivity index (χ2n) is 4.39. The van der Waals surface area contributed by atoms with E-state index in [1.807, 2.05) is 16.3 Å². The fourth-order valence-corrected chi connectivity index (χ4v) is 4.40. The van der Waals surface area contributed by atoms with Crippen molar-refractivity contribution in [3.63, 3.8) is 0 Å². The van der Waals surface area contributed by atoms with Crippen molar-refractivity contribution in [3.05, 3.63) is 0 Å². The van der Waals surface area contributed by atoms with Crippen LogP contribution in [0, 0.1) is 0 Å². The zero-order chi connectivity index (χ0) is 13.8. The van der Waals surface area contributed by atoms with E-state index in [0.717, 1.165) is 12.2 Å². The Morgan fingerprint density at radius 3 is 3.00 bits per heavy atom. The van der Waals surface area contributed by atoms with Crippen molar-refractivity contribution in [1.29, 1.82) is 0 Å². The standard InChI is InChI=1S/C11H18N4O2S2/c1-2-18-8-5-3-4-7(8)15-10(12)13-14-11(15)19-6-9(16)17/h7-8H,2-6H2,1H3,(H2,12,13)(H,16,17). The van der Waals surface area contributed by atoms with Crippen LogP contribution in [0.5, 0.6) is 0 Å². The van der Waals surface area contributed by atoms with E-state index in [1.165, 1.54) is 24.6 Å². The number of nitrogen functional groups attached to an aromatic ring is 1. The van der Waals surface area contributed by atoms with Crippen LogP contribution in [0.3, 0.4) is 0 Å². The summed E-state index contributed by atoms with van der Waals surface area (Å²) in [5, 5.41) is 17.8. The first-order chi connectivity index (χ1) is 9.13. The average molecular weight is 302 g/mol. The molecular weight excluding hydrogens is 284 g/mol. The number of hydrogen-bond donors (Lipinski definition) is 2. The van der Waals surface area contributed by atoms with Crippen molar-refractivity contribution in [2.45, 2.75) is 42.6 Å². The molecule has 1 saturated carbocycles. The maximum Gasteiger partial charge on any atom is 0.313 e. The molecule has 0 amide bonds. The van der Waals surface area contributed by atoms with Crippen LogP contribution in [0.4, 0.5) is 5.95 Å². The summed E-state index contributed by atoms with van der Waals surface area (Å²) < 4.78 is 1.92. The molecule has 2 rings (SSSR count). The molecule has 2 unspecified atom stereocenters. The molecule has 1 heterocycles. The number of nitrogens with two attached hydrogens (primary N) is 1. The SMILES string of the molecule is CCSC1CCCC1n1c(N)nnc1SCC(=O)O. The van der Waals surface area contributed by atoms with Gasteiger partial charge in [-0.15, -0.1) is 10.2 Å². The monoisotopic (exact) mass is 302 g/mol. The first kappa shape index (κ1) is 14.5. The van der Waals surface area contributed by atoms with Crippen molar-refractivity contribution in [2.24, 2.45) is 0 Å². The molecule has 0 spiro atoms. The number of carbonyl (C=O) groups is 1. The van der Waals surface area contributed by atoms with Gasteiger partial charge in [-0.2, -0.15) is 11.8 Å². The maximum atomic E-state index is 10.7. The molecular formula is C11H18N4O2S2. The lowest BCUT2D eigenvalue weighted by Gasteiger charge is -2.22. The molecule has 1 aliphatic carbocycles. The van der Waals surface area contributed by atoms with Crippen LogP contribution in [-0.2, 0) is 4.79 Å². The van der Waals surface area contributed by atoms with Crippen molar-refractivity contribution >= 4 is 35.4 Å². The summed E-state index contributed by atoms with van der Waals surface area (Å²) in [7, 11) is 0. The lowest BCUT2D eigenvalue weighted by Crippen LogP contribution is -2.19. The number of rotatable bonds is 6. The van der Waals surface area contributed by atoms with Gasteiger partial charge in [-0.25, -0.2) is 0 Å². The number of carboxylic acids is 1. The molecule has 1 aliphatic rings. The van der Waals surface area contributed by atoms with E-state index in [2.05, 4.69) is 17.1 Å². The van der Waals surface area contributed by atoms with Gasteiger partial charge in [0.05, 0.1) is 11.8 Å². The van der Waals surface area contributed by atoms with E-state index in [-0.39, 0.29) is 11.8 Å². The minimum absolute atomic E-state index is 0.0174. The van der Waals surface area contributed by atoms with E-state index in [0.29, 0.717) is 16.4 Å². The lowest BCUT2D eigenvalue weighted by molar-refractivity contribution is -0.133. The molecule has 3 N–H and O–H groups in total. The molecule has 1 fully saturated rings. The van der Waals surface area contributed by atoms with Crippen LogP contribution < -0.4 is 5.73 Å². The average Bonchev–Trinajstić information content (AvgIpc) is 2.94. The highest BCUT2D eigenvalue weighted by molar-refractivity contribution is 8.00. The van der Waals surface area contributed by atoms with Gasteiger partial charge in [-0.3, -0.25) is 9.36 Å². The molecule has 1 aromatic heterocycles. The van der Waals surface area contributed by atoms with Crippen molar-refractivity contribution in [3.8, 4) is 0 Å². The van der Waals surface area contributed by atoms with E-state index in [9.17, 15) is 4.79 Å². The normalized spacial score (nSPS) is 22.8. The van der Waals surface area contributed by atoms with Crippen molar-refractivity contribution in [1.82, 2.24) is 14.8 Å². The summed E-state index contributed by atoms with van der Waals surface area (Å²) in [4.78, 5) is 10.7. The number of aromatic nitrogens is 3. The summed E-state index contributed by atoms with van der Waals surface area (Å²) in [5.41, 5.74) is 5.91. The van der Waals surface area contributed by atoms with Crippen LogP contribution in [-0.4, -0.2) is 42.6 Å². The fourth-order valence-electron chi connectivity index (χ4n) is 2.44. The molecule has 106 valence electrons. The largest absolute Gasteiger partial charge is 0.481 e. The summed E-state index contributed by atoms with van der Waals surface area (Å²) in [5.74, 6) is 0.586. The summed E-state index contributed by atoms with van der Waals surface area (Å²) >= 11 is 3.11. The highest BCUT2D eigenvalue weighted by atomic mass is 32.2. The van der Waals surface area contributed by atoms with E-state index in [4.69, 9.17) is 10.8 Å². The summed E-state index contributed by atoms with van der Waals surface area (Å²) in [6.45, 7) is 2.15. The molecule has 8 heteroatoms. The Bertz CT molecular complexity index is 452. The minimum atomic E-state index is -0.857. The van der Waals surface area contributed by atoms with Gasteiger partial charge in [0.25, 0.3) is 0 Å². The second-order valence-corrected chi connectivity index (χ2v) is 6.84. The van der Waals surface area contributed by atoms with Crippen LogP contribution in [0.25, 0.3) is 0 Å². The molecule has 6 nitrogen and oxygen atoms in total. The van der Waals surface area contributed by atoms with Gasteiger partial charge in [-0.05, 0) is 18.6 Å². The number of carboxylic acid groups (broad SMARTS) is 1. The third-order valence-corrected chi connectivity index (χ3v) is 5.38. The third kappa shape index (κ3) is 3.36. The van der Waals surface area contributed by atoms with E-state index < -0.39 is 5.97 Å². The molecule has 0 bridgehead atoms. The first-order valence-electron chi connectivity index (χ1n) is 6.30. The number of aliphatic carboxylic acids is 1. The predicted molar refractivity (Wildman–Crippen MR) is 77.6 cm³/mol. The molecule has 19 heavy (non-hydrogen) atoms. The van der Waals surface area contributed by atoms with Crippen LogP contribution >= 0.6 is 23.5 Å². The van der Waals surface area contributed by atoms with Gasteiger partial charge in [0.1, 0.15) is 0 Å². The Balaban J connectivity index is 2.17. The smallest absolute Gasteiger partial charge is 0.313 e. The van der Waals surface area contributed by atoms with Crippen LogP contribution in [0.1, 0.15) is 32.2 Å². The molecule has 2 atom stereocenters. The Labute approximate surface area is 120 Å². The van der Waals surface area contributed by atoms with Gasteiger partial charge >= 0.3 is 5.97 Å². The summed E-state index contributed by atoms with van der Waals surface area (Å²) in [6, 6.07) is 0.288. The van der Waals surface area contributed by atoms with Gasteiger partial charge in [-0.1, -0.05) is 25.1 Å².